The van der Waals surface area contributed by atoms with Crippen LogP contribution in [0.15, 0.2) is 12.1 Å². The molecule has 1 amide bonds. The van der Waals surface area contributed by atoms with Crippen LogP contribution in [0.1, 0.15) is 17.3 Å². The maximum absolute atomic E-state index is 12.7. The van der Waals surface area contributed by atoms with Crippen LogP contribution in [0.3, 0.4) is 0 Å². The summed E-state index contributed by atoms with van der Waals surface area (Å²) in [6, 6.07) is 3.13. The van der Waals surface area contributed by atoms with Crippen molar-refractivity contribution in [3.05, 3.63) is 17.7 Å². The summed E-state index contributed by atoms with van der Waals surface area (Å²) < 4.78 is 39.3. The predicted molar refractivity (Wildman–Crippen MR) is 85.3 cm³/mol. The molecule has 7 nitrogen and oxygen atoms in total. The molecule has 1 aliphatic heterocycles. The van der Waals surface area contributed by atoms with Crippen LogP contribution < -0.4 is 14.2 Å². The maximum Gasteiger partial charge on any atom is 0.254 e. The first-order chi connectivity index (χ1) is 10.8. The van der Waals surface area contributed by atoms with Crippen LogP contribution in [0.25, 0.3) is 0 Å². The van der Waals surface area contributed by atoms with Crippen molar-refractivity contribution < 1.29 is 27.4 Å². The average Bonchev–Trinajstić information content (AvgIpc) is 2.55. The van der Waals surface area contributed by atoms with E-state index in [0.717, 1.165) is 0 Å². The van der Waals surface area contributed by atoms with Gasteiger partial charge in [0.15, 0.2) is 21.3 Å². The Morgan fingerprint density at radius 1 is 1.13 bits per heavy atom. The standard InChI is InChI=1S/C15H21NO6S/c1-10-9-16(5-6-23(10,18)19)15(17)11-7-12(20-2)14(22-4)13(8-11)21-3/h7-8,10H,5-6,9H2,1-4H3/t10-/m1/s1. The molecule has 1 fully saturated rings. The molecule has 1 aliphatic rings. The van der Waals surface area contributed by atoms with Gasteiger partial charge >= 0.3 is 0 Å². The number of sulfone groups is 1. The summed E-state index contributed by atoms with van der Waals surface area (Å²) in [5, 5.41) is -0.567. The third-order valence-electron chi connectivity index (χ3n) is 3.94. The van der Waals surface area contributed by atoms with Crippen molar-refractivity contribution in [1.82, 2.24) is 4.90 Å². The number of ether oxygens (including phenoxy) is 3. The summed E-state index contributed by atoms with van der Waals surface area (Å²) >= 11 is 0. The lowest BCUT2D eigenvalue weighted by Crippen LogP contribution is -2.48. The summed E-state index contributed by atoms with van der Waals surface area (Å²) in [5.41, 5.74) is 0.367. The second kappa shape index (κ2) is 6.66. The zero-order valence-corrected chi connectivity index (χ0v) is 14.5. The molecule has 0 spiro atoms. The predicted octanol–water partition coefficient (Wildman–Crippen LogP) is 0.972. The van der Waals surface area contributed by atoms with Gasteiger partial charge in [-0.3, -0.25) is 4.79 Å². The Labute approximate surface area is 136 Å². The summed E-state index contributed by atoms with van der Waals surface area (Å²) in [6.45, 7) is 1.98. The highest BCUT2D eigenvalue weighted by Gasteiger charge is 2.32. The molecule has 23 heavy (non-hydrogen) atoms. The van der Waals surface area contributed by atoms with Crippen LogP contribution in [0.4, 0.5) is 0 Å². The van der Waals surface area contributed by atoms with Gasteiger partial charge in [0.05, 0.1) is 32.3 Å². The van der Waals surface area contributed by atoms with Crippen LogP contribution in [0.5, 0.6) is 17.2 Å². The highest BCUT2D eigenvalue weighted by Crippen LogP contribution is 2.38. The van der Waals surface area contributed by atoms with Crippen LogP contribution in [0.2, 0.25) is 0 Å². The zero-order valence-electron chi connectivity index (χ0n) is 13.7. The van der Waals surface area contributed by atoms with Gasteiger partial charge in [0.2, 0.25) is 5.75 Å². The fraction of sp³-hybridized carbons (Fsp3) is 0.533. The van der Waals surface area contributed by atoms with Crippen molar-refractivity contribution in [2.24, 2.45) is 0 Å². The van der Waals surface area contributed by atoms with Crippen molar-refractivity contribution in [3.63, 3.8) is 0 Å². The third kappa shape index (κ3) is 3.36. The molecule has 1 heterocycles. The molecule has 0 unspecified atom stereocenters. The fourth-order valence-electron chi connectivity index (χ4n) is 2.53. The van der Waals surface area contributed by atoms with Crippen LogP contribution in [-0.4, -0.2) is 64.6 Å². The molecule has 2 rings (SSSR count). The van der Waals surface area contributed by atoms with Gasteiger partial charge in [-0.05, 0) is 19.1 Å². The molecule has 0 N–H and O–H groups in total. The van der Waals surface area contributed by atoms with Crippen molar-refractivity contribution in [2.75, 3.05) is 40.2 Å². The van der Waals surface area contributed by atoms with E-state index < -0.39 is 15.1 Å². The Kier molecular flexibility index (Phi) is 5.03. The Morgan fingerprint density at radius 3 is 2.13 bits per heavy atom. The maximum atomic E-state index is 12.7. The Morgan fingerprint density at radius 2 is 1.70 bits per heavy atom. The van der Waals surface area contributed by atoms with Gasteiger partial charge < -0.3 is 19.1 Å². The number of benzene rings is 1. The van der Waals surface area contributed by atoms with Gasteiger partial charge in [0, 0.05) is 18.7 Å². The number of methoxy groups -OCH3 is 3. The molecule has 1 atom stereocenters. The van der Waals surface area contributed by atoms with Gasteiger partial charge in [0.25, 0.3) is 5.91 Å². The number of carbonyl (C=O) groups is 1. The Hall–Kier alpha value is -1.96. The minimum atomic E-state index is -3.11. The van der Waals surface area contributed by atoms with Gasteiger partial charge in [0.1, 0.15) is 0 Å². The molecule has 0 bridgehead atoms. The summed E-state index contributed by atoms with van der Waals surface area (Å²) in [5.74, 6) is 0.887. The van der Waals surface area contributed by atoms with Crippen LogP contribution in [0, 0.1) is 0 Å². The first-order valence-electron chi connectivity index (χ1n) is 7.15. The first-order valence-corrected chi connectivity index (χ1v) is 8.86. The molecule has 0 saturated carbocycles. The third-order valence-corrected chi connectivity index (χ3v) is 6.06. The SMILES string of the molecule is COc1cc(C(=O)N2CCS(=O)(=O)[C@H](C)C2)cc(OC)c1OC. The van der Waals surface area contributed by atoms with E-state index in [2.05, 4.69) is 0 Å². The van der Waals surface area contributed by atoms with E-state index in [9.17, 15) is 13.2 Å². The summed E-state index contributed by atoms with van der Waals surface area (Å²) in [4.78, 5) is 14.2. The lowest BCUT2D eigenvalue weighted by molar-refractivity contribution is 0.0759. The van der Waals surface area contributed by atoms with Crippen molar-refractivity contribution in [2.45, 2.75) is 12.2 Å². The van der Waals surface area contributed by atoms with Crippen molar-refractivity contribution in [1.29, 1.82) is 0 Å². The first kappa shape index (κ1) is 17.4. The minimum absolute atomic E-state index is 0.0235. The molecular weight excluding hydrogens is 322 g/mol. The van der Waals surface area contributed by atoms with Gasteiger partial charge in [-0.1, -0.05) is 0 Å². The van der Waals surface area contributed by atoms with E-state index in [4.69, 9.17) is 14.2 Å². The molecule has 8 heteroatoms. The Bertz CT molecular complexity index is 675. The molecule has 0 aliphatic carbocycles. The van der Waals surface area contributed by atoms with Gasteiger partial charge in [-0.15, -0.1) is 0 Å². The van der Waals surface area contributed by atoms with Crippen LogP contribution >= 0.6 is 0 Å². The lowest BCUT2D eigenvalue weighted by Gasteiger charge is -2.31. The number of rotatable bonds is 4. The van der Waals surface area contributed by atoms with Gasteiger partial charge in [-0.2, -0.15) is 0 Å². The number of hydrogen-bond acceptors (Lipinski definition) is 6. The molecule has 0 aromatic heterocycles. The largest absolute Gasteiger partial charge is 0.493 e. The van der Waals surface area contributed by atoms with E-state index in [-0.39, 0.29) is 24.7 Å². The molecule has 1 saturated heterocycles. The van der Waals surface area contributed by atoms with Crippen molar-refractivity contribution >= 4 is 15.7 Å². The fourth-order valence-corrected chi connectivity index (χ4v) is 3.81. The molecule has 1 aromatic carbocycles. The highest BCUT2D eigenvalue weighted by atomic mass is 32.2. The summed E-state index contributed by atoms with van der Waals surface area (Å²) in [7, 11) is 1.32. The van der Waals surface area contributed by atoms with E-state index in [1.165, 1.54) is 26.2 Å². The van der Waals surface area contributed by atoms with E-state index in [1.54, 1.807) is 19.1 Å². The number of carbonyl (C=O) groups excluding carboxylic acids is 1. The molecule has 0 radical (unpaired) electrons. The quantitative estimate of drug-likeness (QED) is 0.810. The van der Waals surface area contributed by atoms with E-state index >= 15 is 0 Å². The normalized spacial score (nSPS) is 20.0. The monoisotopic (exact) mass is 343 g/mol. The zero-order chi connectivity index (χ0) is 17.2. The highest BCUT2D eigenvalue weighted by molar-refractivity contribution is 7.92. The van der Waals surface area contributed by atoms with Gasteiger partial charge in [-0.25, -0.2) is 8.42 Å². The van der Waals surface area contributed by atoms with E-state index in [0.29, 0.717) is 22.8 Å². The van der Waals surface area contributed by atoms with E-state index in [1.807, 2.05) is 0 Å². The lowest BCUT2D eigenvalue weighted by atomic mass is 10.1. The van der Waals surface area contributed by atoms with Crippen LogP contribution in [-0.2, 0) is 9.84 Å². The van der Waals surface area contributed by atoms with Crippen molar-refractivity contribution in [3.8, 4) is 17.2 Å². The minimum Gasteiger partial charge on any atom is -0.493 e. The second-order valence-electron chi connectivity index (χ2n) is 5.34. The number of hydrogen-bond donors (Lipinski definition) is 0. The number of nitrogens with zero attached hydrogens (tertiary/aromatic N) is 1. The molecule has 1 aromatic rings. The second-order valence-corrected chi connectivity index (χ2v) is 7.88. The average molecular weight is 343 g/mol. The topological polar surface area (TPSA) is 82.1 Å². The summed E-state index contributed by atoms with van der Waals surface area (Å²) in [6.07, 6.45) is 0. The Balaban J connectivity index is 2.33. The molecular formula is C15H21NO6S. The smallest absolute Gasteiger partial charge is 0.254 e. The number of amides is 1. The molecule has 128 valence electrons.